The molecule has 0 spiro atoms. The Kier molecular flexibility index (Phi) is 5.89. The first-order valence-electron chi connectivity index (χ1n) is 9.22. The SMILES string of the molecule is Cc1cc(C)n(-c2ccccc2NC(=O)CC(C)NC(=O)c2ccccc2)n1. The number of carbonyl (C=O) groups is 2. The average molecular weight is 376 g/mol. The largest absolute Gasteiger partial charge is 0.349 e. The zero-order chi connectivity index (χ0) is 20.1. The molecular formula is C22H24N4O2. The van der Waals surface area contributed by atoms with Crippen molar-refractivity contribution in [2.45, 2.75) is 33.2 Å². The molecule has 1 aromatic heterocycles. The van der Waals surface area contributed by atoms with Crippen LogP contribution < -0.4 is 10.6 Å². The molecule has 6 nitrogen and oxygen atoms in total. The Bertz CT molecular complexity index is 979. The van der Waals surface area contributed by atoms with Crippen LogP contribution in [0.5, 0.6) is 0 Å². The summed E-state index contributed by atoms with van der Waals surface area (Å²) in [6.07, 6.45) is 0.171. The first-order valence-corrected chi connectivity index (χ1v) is 9.22. The minimum Gasteiger partial charge on any atom is -0.349 e. The number of para-hydroxylation sites is 2. The van der Waals surface area contributed by atoms with Crippen molar-refractivity contribution in [3.05, 3.63) is 77.6 Å². The lowest BCUT2D eigenvalue weighted by atomic mass is 10.1. The van der Waals surface area contributed by atoms with Crippen molar-refractivity contribution in [3.8, 4) is 5.69 Å². The van der Waals surface area contributed by atoms with E-state index >= 15 is 0 Å². The Morgan fingerprint density at radius 3 is 2.39 bits per heavy atom. The van der Waals surface area contributed by atoms with Crippen molar-refractivity contribution in [2.24, 2.45) is 0 Å². The van der Waals surface area contributed by atoms with E-state index in [0.29, 0.717) is 11.3 Å². The van der Waals surface area contributed by atoms with Gasteiger partial charge in [0.15, 0.2) is 0 Å². The number of hydrogen-bond donors (Lipinski definition) is 2. The molecule has 0 saturated carbocycles. The number of benzene rings is 2. The molecule has 6 heteroatoms. The van der Waals surface area contributed by atoms with Crippen molar-refractivity contribution in [1.29, 1.82) is 0 Å². The number of hydrogen-bond acceptors (Lipinski definition) is 3. The molecule has 0 aliphatic carbocycles. The quantitative estimate of drug-likeness (QED) is 0.690. The summed E-state index contributed by atoms with van der Waals surface area (Å²) in [5.41, 5.74) is 3.96. The van der Waals surface area contributed by atoms with Crippen LogP contribution in [0.2, 0.25) is 0 Å². The van der Waals surface area contributed by atoms with Gasteiger partial charge in [-0.3, -0.25) is 9.59 Å². The minimum absolute atomic E-state index is 0.171. The summed E-state index contributed by atoms with van der Waals surface area (Å²) in [6, 6.07) is 18.2. The van der Waals surface area contributed by atoms with Crippen LogP contribution >= 0.6 is 0 Å². The second-order valence-corrected chi connectivity index (χ2v) is 6.85. The molecular weight excluding hydrogens is 352 g/mol. The fourth-order valence-corrected chi connectivity index (χ4v) is 3.06. The van der Waals surface area contributed by atoms with Crippen LogP contribution in [0.4, 0.5) is 5.69 Å². The molecule has 2 amide bonds. The van der Waals surface area contributed by atoms with E-state index < -0.39 is 0 Å². The van der Waals surface area contributed by atoms with Crippen LogP contribution in [0, 0.1) is 13.8 Å². The third-order valence-electron chi connectivity index (χ3n) is 4.32. The third kappa shape index (κ3) is 4.65. The lowest BCUT2D eigenvalue weighted by Gasteiger charge is -2.16. The Morgan fingerprint density at radius 1 is 1.04 bits per heavy atom. The summed E-state index contributed by atoms with van der Waals surface area (Å²) < 4.78 is 1.81. The van der Waals surface area contributed by atoms with Gasteiger partial charge in [-0.2, -0.15) is 5.10 Å². The molecule has 2 aromatic carbocycles. The summed E-state index contributed by atoms with van der Waals surface area (Å²) in [7, 11) is 0. The molecule has 0 aliphatic heterocycles. The van der Waals surface area contributed by atoms with Crippen LogP contribution in [0.25, 0.3) is 5.69 Å². The van der Waals surface area contributed by atoms with Gasteiger partial charge in [0.2, 0.25) is 5.91 Å². The smallest absolute Gasteiger partial charge is 0.251 e. The molecule has 0 bridgehead atoms. The van der Waals surface area contributed by atoms with E-state index in [0.717, 1.165) is 17.1 Å². The van der Waals surface area contributed by atoms with Crippen LogP contribution in [0.1, 0.15) is 35.1 Å². The number of carbonyl (C=O) groups excluding carboxylic acids is 2. The lowest BCUT2D eigenvalue weighted by Crippen LogP contribution is -2.35. The van der Waals surface area contributed by atoms with Crippen LogP contribution in [-0.2, 0) is 4.79 Å². The predicted molar refractivity (Wildman–Crippen MR) is 110 cm³/mol. The highest BCUT2D eigenvalue weighted by Gasteiger charge is 2.15. The second-order valence-electron chi connectivity index (χ2n) is 6.85. The van der Waals surface area contributed by atoms with Gasteiger partial charge >= 0.3 is 0 Å². The van der Waals surface area contributed by atoms with E-state index in [1.54, 1.807) is 12.1 Å². The molecule has 0 radical (unpaired) electrons. The third-order valence-corrected chi connectivity index (χ3v) is 4.32. The summed E-state index contributed by atoms with van der Waals surface area (Å²) in [6.45, 7) is 5.72. The van der Waals surface area contributed by atoms with E-state index in [9.17, 15) is 9.59 Å². The number of nitrogens with zero attached hydrogens (tertiary/aromatic N) is 2. The lowest BCUT2D eigenvalue weighted by molar-refractivity contribution is -0.116. The van der Waals surface area contributed by atoms with E-state index in [1.807, 2.05) is 74.0 Å². The van der Waals surface area contributed by atoms with E-state index in [2.05, 4.69) is 15.7 Å². The van der Waals surface area contributed by atoms with Gasteiger partial charge in [0, 0.05) is 23.7 Å². The van der Waals surface area contributed by atoms with Gasteiger partial charge in [-0.15, -0.1) is 0 Å². The maximum atomic E-state index is 12.5. The molecule has 3 aromatic rings. The molecule has 1 atom stereocenters. The zero-order valence-corrected chi connectivity index (χ0v) is 16.3. The van der Waals surface area contributed by atoms with E-state index in [4.69, 9.17) is 0 Å². The molecule has 1 heterocycles. The number of aryl methyl sites for hydroxylation is 2. The standard InChI is InChI=1S/C22H24N4O2/c1-15(23-22(28)18-9-5-4-6-10-18)14-21(27)24-19-11-7-8-12-20(19)26-17(3)13-16(2)25-26/h4-13,15H,14H2,1-3H3,(H,23,28)(H,24,27). The first kappa shape index (κ1) is 19.4. The number of nitrogens with one attached hydrogen (secondary N) is 2. The maximum Gasteiger partial charge on any atom is 0.251 e. The Hall–Kier alpha value is -3.41. The van der Waals surface area contributed by atoms with E-state index in [1.165, 1.54) is 0 Å². The molecule has 0 fully saturated rings. The molecule has 0 aliphatic rings. The highest BCUT2D eigenvalue weighted by molar-refractivity contribution is 5.96. The van der Waals surface area contributed by atoms with Crippen molar-refractivity contribution in [1.82, 2.24) is 15.1 Å². The van der Waals surface area contributed by atoms with Crippen molar-refractivity contribution in [3.63, 3.8) is 0 Å². The molecule has 1 unspecified atom stereocenters. The van der Waals surface area contributed by atoms with Crippen molar-refractivity contribution < 1.29 is 9.59 Å². The minimum atomic E-state index is -0.298. The average Bonchev–Trinajstić information content (AvgIpc) is 3.00. The van der Waals surface area contributed by atoms with Gasteiger partial charge in [-0.05, 0) is 51.1 Å². The van der Waals surface area contributed by atoms with Crippen LogP contribution in [0.15, 0.2) is 60.7 Å². The first-order chi connectivity index (χ1) is 13.4. The topological polar surface area (TPSA) is 76.0 Å². The molecule has 144 valence electrons. The Morgan fingerprint density at radius 2 is 1.71 bits per heavy atom. The van der Waals surface area contributed by atoms with Crippen molar-refractivity contribution in [2.75, 3.05) is 5.32 Å². The molecule has 2 N–H and O–H groups in total. The predicted octanol–water partition coefficient (Wildman–Crippen LogP) is 3.64. The fourth-order valence-electron chi connectivity index (χ4n) is 3.06. The highest BCUT2D eigenvalue weighted by atomic mass is 16.2. The summed E-state index contributed by atoms with van der Waals surface area (Å²) in [5.74, 6) is -0.362. The monoisotopic (exact) mass is 376 g/mol. The summed E-state index contributed by atoms with van der Waals surface area (Å²) >= 11 is 0. The number of aromatic nitrogens is 2. The Balaban J connectivity index is 1.65. The zero-order valence-electron chi connectivity index (χ0n) is 16.3. The Labute approximate surface area is 164 Å². The van der Waals surface area contributed by atoms with Gasteiger partial charge in [-0.1, -0.05) is 30.3 Å². The van der Waals surface area contributed by atoms with Gasteiger partial charge in [-0.25, -0.2) is 4.68 Å². The van der Waals surface area contributed by atoms with Crippen LogP contribution in [-0.4, -0.2) is 27.6 Å². The summed E-state index contributed by atoms with van der Waals surface area (Å²) in [5, 5.41) is 10.3. The number of anilines is 1. The van der Waals surface area contributed by atoms with Gasteiger partial charge in [0.25, 0.3) is 5.91 Å². The summed E-state index contributed by atoms with van der Waals surface area (Å²) in [4.78, 5) is 24.7. The molecule has 3 rings (SSSR count). The van der Waals surface area contributed by atoms with Crippen molar-refractivity contribution >= 4 is 17.5 Å². The van der Waals surface area contributed by atoms with E-state index in [-0.39, 0.29) is 24.3 Å². The highest BCUT2D eigenvalue weighted by Crippen LogP contribution is 2.21. The number of rotatable bonds is 6. The van der Waals surface area contributed by atoms with Crippen LogP contribution in [0.3, 0.4) is 0 Å². The molecule has 0 saturated heterocycles. The number of amides is 2. The van der Waals surface area contributed by atoms with Gasteiger partial charge < -0.3 is 10.6 Å². The van der Waals surface area contributed by atoms with Gasteiger partial charge in [0.05, 0.1) is 17.1 Å². The maximum absolute atomic E-state index is 12.5. The normalized spacial score (nSPS) is 11.7. The second kappa shape index (κ2) is 8.52. The molecule has 28 heavy (non-hydrogen) atoms. The fraction of sp³-hybridized carbons (Fsp3) is 0.227. The van der Waals surface area contributed by atoms with Gasteiger partial charge in [0.1, 0.15) is 0 Å².